The van der Waals surface area contributed by atoms with Gasteiger partial charge in [-0.1, -0.05) is 11.8 Å². The predicted octanol–water partition coefficient (Wildman–Crippen LogP) is -0.249. The van der Waals surface area contributed by atoms with Crippen LogP contribution in [0.1, 0.15) is 6.92 Å². The SMILES string of the molecule is CC1OC(Sc2ncc[nH]2)C(O)C(O)C1O.Cl. The zero-order valence-electron chi connectivity index (χ0n) is 9.06. The molecule has 4 N–H and O–H groups in total. The highest BCUT2D eigenvalue weighted by atomic mass is 35.5. The van der Waals surface area contributed by atoms with Gasteiger partial charge in [0.05, 0.1) is 6.10 Å². The molecule has 1 aromatic heterocycles. The normalized spacial score (nSPS) is 37.5. The van der Waals surface area contributed by atoms with Gasteiger partial charge >= 0.3 is 0 Å². The van der Waals surface area contributed by atoms with Crippen molar-refractivity contribution in [2.75, 3.05) is 0 Å². The van der Waals surface area contributed by atoms with E-state index in [-0.39, 0.29) is 12.4 Å². The number of H-pyrrole nitrogens is 1. The lowest BCUT2D eigenvalue weighted by atomic mass is 10.0. The van der Waals surface area contributed by atoms with Crippen molar-refractivity contribution in [3.05, 3.63) is 12.4 Å². The van der Waals surface area contributed by atoms with E-state index in [1.165, 1.54) is 11.8 Å². The van der Waals surface area contributed by atoms with Gasteiger partial charge in [-0.2, -0.15) is 0 Å². The van der Waals surface area contributed by atoms with Crippen LogP contribution in [0, 0.1) is 0 Å². The summed E-state index contributed by atoms with van der Waals surface area (Å²) >= 11 is 1.18. The van der Waals surface area contributed by atoms with Crippen molar-refractivity contribution in [1.82, 2.24) is 9.97 Å². The number of rotatable bonds is 2. The third kappa shape index (κ3) is 3.12. The van der Waals surface area contributed by atoms with Crippen LogP contribution in [0.5, 0.6) is 0 Å². The molecule has 0 radical (unpaired) electrons. The first-order valence-corrected chi connectivity index (χ1v) is 5.83. The fraction of sp³-hybridized carbons (Fsp3) is 0.667. The van der Waals surface area contributed by atoms with Gasteiger partial charge in [-0.25, -0.2) is 4.98 Å². The van der Waals surface area contributed by atoms with E-state index in [9.17, 15) is 15.3 Å². The van der Waals surface area contributed by atoms with E-state index >= 15 is 0 Å². The van der Waals surface area contributed by atoms with Gasteiger partial charge in [0, 0.05) is 12.4 Å². The van der Waals surface area contributed by atoms with Gasteiger partial charge in [-0.3, -0.25) is 0 Å². The van der Waals surface area contributed by atoms with E-state index in [1.807, 2.05) is 0 Å². The number of hydrogen-bond donors (Lipinski definition) is 4. The summed E-state index contributed by atoms with van der Waals surface area (Å²) in [6.45, 7) is 1.65. The van der Waals surface area contributed by atoms with Crippen LogP contribution in [-0.4, -0.2) is 55.1 Å². The molecule has 1 aromatic rings. The largest absolute Gasteiger partial charge is 0.388 e. The quantitative estimate of drug-likeness (QED) is 0.597. The van der Waals surface area contributed by atoms with Crippen LogP contribution in [0.25, 0.3) is 0 Å². The smallest absolute Gasteiger partial charge is 0.167 e. The van der Waals surface area contributed by atoms with Crippen LogP contribution >= 0.6 is 24.2 Å². The van der Waals surface area contributed by atoms with Crippen molar-refractivity contribution in [1.29, 1.82) is 0 Å². The maximum atomic E-state index is 9.73. The topological polar surface area (TPSA) is 98.6 Å². The molecule has 1 aliphatic rings. The Balaban J connectivity index is 0.00000144. The second-order valence-corrected chi connectivity index (χ2v) is 4.78. The van der Waals surface area contributed by atoms with E-state index in [4.69, 9.17) is 4.74 Å². The molecule has 5 atom stereocenters. The van der Waals surface area contributed by atoms with E-state index in [0.717, 1.165) is 0 Å². The van der Waals surface area contributed by atoms with Crippen LogP contribution in [0.15, 0.2) is 17.6 Å². The molecule has 0 saturated carbocycles. The second-order valence-electron chi connectivity index (χ2n) is 3.69. The molecule has 2 rings (SSSR count). The van der Waals surface area contributed by atoms with Crippen LogP contribution in [0.3, 0.4) is 0 Å². The van der Waals surface area contributed by atoms with Crippen LogP contribution in [-0.2, 0) is 4.74 Å². The number of ether oxygens (including phenoxy) is 1. The molecule has 0 spiro atoms. The van der Waals surface area contributed by atoms with Crippen molar-refractivity contribution >= 4 is 24.2 Å². The third-order valence-electron chi connectivity index (χ3n) is 2.51. The third-order valence-corrected chi connectivity index (χ3v) is 3.58. The summed E-state index contributed by atoms with van der Waals surface area (Å²) in [5, 5.41) is 29.4. The highest BCUT2D eigenvalue weighted by Crippen LogP contribution is 2.31. The predicted molar refractivity (Wildman–Crippen MR) is 64.0 cm³/mol. The highest BCUT2D eigenvalue weighted by Gasteiger charge is 2.42. The Morgan fingerprint density at radius 1 is 1.29 bits per heavy atom. The van der Waals surface area contributed by atoms with Crippen molar-refractivity contribution in [3.8, 4) is 0 Å². The molecule has 8 heteroatoms. The van der Waals surface area contributed by atoms with Crippen LogP contribution in [0.2, 0.25) is 0 Å². The maximum Gasteiger partial charge on any atom is 0.167 e. The first-order valence-electron chi connectivity index (χ1n) is 4.95. The number of hydrogen-bond acceptors (Lipinski definition) is 6. The molecule has 98 valence electrons. The minimum absolute atomic E-state index is 0. The standard InChI is InChI=1S/C9H14N2O4S.ClH/c1-4-5(12)6(13)7(14)8(15-4)16-9-10-2-3-11-9;/h2-8,12-14H,1H3,(H,10,11);1H. The van der Waals surface area contributed by atoms with Gasteiger partial charge < -0.3 is 25.0 Å². The fourth-order valence-corrected chi connectivity index (χ4v) is 2.55. The molecular weight excluding hydrogens is 268 g/mol. The monoisotopic (exact) mass is 282 g/mol. The summed E-state index contributed by atoms with van der Waals surface area (Å²) in [5.41, 5.74) is -0.639. The average Bonchev–Trinajstić information content (AvgIpc) is 2.76. The summed E-state index contributed by atoms with van der Waals surface area (Å²) in [6, 6.07) is 0. The lowest BCUT2D eigenvalue weighted by molar-refractivity contribution is -0.192. The summed E-state index contributed by atoms with van der Waals surface area (Å²) in [5.74, 6) is 0. The molecule has 5 unspecified atom stereocenters. The van der Waals surface area contributed by atoms with Gasteiger partial charge in [0.25, 0.3) is 0 Å². The Morgan fingerprint density at radius 3 is 2.59 bits per heavy atom. The van der Waals surface area contributed by atoms with Crippen molar-refractivity contribution in [3.63, 3.8) is 0 Å². The molecular formula is C9H15ClN2O4S. The number of nitrogens with one attached hydrogen (secondary N) is 1. The first-order chi connectivity index (χ1) is 7.59. The number of aliphatic hydroxyl groups excluding tert-OH is 3. The number of halogens is 1. The number of imidazole rings is 1. The van der Waals surface area contributed by atoms with Gasteiger partial charge in [0.15, 0.2) is 5.16 Å². The minimum atomic E-state index is -1.20. The number of aromatic amines is 1. The van der Waals surface area contributed by atoms with Crippen LogP contribution in [0.4, 0.5) is 0 Å². The lowest BCUT2D eigenvalue weighted by Crippen LogP contribution is -2.55. The Bertz CT molecular complexity index is 340. The number of aliphatic hydroxyl groups is 3. The Morgan fingerprint density at radius 2 is 2.00 bits per heavy atom. The molecule has 0 aromatic carbocycles. The first kappa shape index (κ1) is 14.7. The number of aromatic nitrogens is 2. The van der Waals surface area contributed by atoms with E-state index < -0.39 is 29.9 Å². The number of nitrogens with zero attached hydrogens (tertiary/aromatic N) is 1. The maximum absolute atomic E-state index is 9.73. The van der Waals surface area contributed by atoms with Gasteiger partial charge in [-0.05, 0) is 6.92 Å². The van der Waals surface area contributed by atoms with E-state index in [0.29, 0.717) is 5.16 Å². The minimum Gasteiger partial charge on any atom is -0.388 e. The Labute approximate surface area is 109 Å². The molecule has 0 bridgehead atoms. The molecule has 1 aliphatic heterocycles. The molecule has 1 fully saturated rings. The average molecular weight is 283 g/mol. The Hall–Kier alpha value is -0.310. The van der Waals surface area contributed by atoms with Crippen molar-refractivity contribution in [2.45, 2.75) is 41.9 Å². The highest BCUT2D eigenvalue weighted by molar-refractivity contribution is 7.99. The zero-order valence-corrected chi connectivity index (χ0v) is 10.7. The van der Waals surface area contributed by atoms with Gasteiger partial charge in [-0.15, -0.1) is 12.4 Å². The van der Waals surface area contributed by atoms with E-state index in [2.05, 4.69) is 9.97 Å². The fourth-order valence-electron chi connectivity index (χ4n) is 1.54. The summed E-state index contributed by atoms with van der Waals surface area (Å²) in [6.07, 6.45) is -0.676. The number of thioether (sulfide) groups is 1. The molecule has 17 heavy (non-hydrogen) atoms. The van der Waals surface area contributed by atoms with E-state index in [1.54, 1.807) is 19.3 Å². The molecule has 6 nitrogen and oxygen atoms in total. The molecule has 0 aliphatic carbocycles. The zero-order chi connectivity index (χ0) is 11.7. The Kier molecular flexibility index (Phi) is 5.23. The lowest BCUT2D eigenvalue weighted by Gasteiger charge is -2.38. The molecule has 1 saturated heterocycles. The summed E-state index contributed by atoms with van der Waals surface area (Å²) < 4.78 is 5.40. The second kappa shape index (κ2) is 6.03. The summed E-state index contributed by atoms with van der Waals surface area (Å²) in [7, 11) is 0. The molecule has 2 heterocycles. The van der Waals surface area contributed by atoms with Gasteiger partial charge in [0.2, 0.25) is 0 Å². The van der Waals surface area contributed by atoms with Gasteiger partial charge in [0.1, 0.15) is 23.7 Å². The van der Waals surface area contributed by atoms with Crippen LogP contribution < -0.4 is 0 Å². The van der Waals surface area contributed by atoms with Crippen molar-refractivity contribution < 1.29 is 20.1 Å². The van der Waals surface area contributed by atoms with Crippen molar-refractivity contribution in [2.24, 2.45) is 0 Å². The molecule has 0 amide bonds. The summed E-state index contributed by atoms with van der Waals surface area (Å²) in [4.78, 5) is 6.85.